The number of rotatable bonds is 7. The number of nitrogens with one attached hydrogen (secondary N) is 1. The zero-order chi connectivity index (χ0) is 13.4. The van der Waals surface area contributed by atoms with Crippen molar-refractivity contribution in [1.82, 2.24) is 5.32 Å². The zero-order valence-corrected chi connectivity index (χ0v) is 11.9. The third-order valence-corrected chi connectivity index (χ3v) is 2.79. The van der Waals surface area contributed by atoms with Crippen LogP contribution in [0.1, 0.15) is 36.5 Å². The molecule has 0 heterocycles. The molecule has 0 saturated heterocycles. The summed E-state index contributed by atoms with van der Waals surface area (Å²) < 4.78 is 0. The molecule has 1 rings (SSSR count). The Hall–Kier alpha value is -1.39. The second-order valence-electron chi connectivity index (χ2n) is 4.33. The standard InChI is InChI=1S/C14H20N2O2.ClH/c1-11(17)13(15)9-5-6-10-16-14(18)12-7-3-2-4-8-12;/h2-4,7-8,13H,5-6,9-10,15H2,1H3,(H,16,18);1H. The van der Waals surface area contributed by atoms with Crippen molar-refractivity contribution in [3.63, 3.8) is 0 Å². The summed E-state index contributed by atoms with van der Waals surface area (Å²) in [5.74, 6) is -0.0465. The Kier molecular flexibility index (Phi) is 8.83. The van der Waals surface area contributed by atoms with Crippen LogP contribution in [0.3, 0.4) is 0 Å². The number of hydrogen-bond acceptors (Lipinski definition) is 3. The molecular formula is C14H21ClN2O2. The number of Topliss-reactive ketones (excluding diaryl/α,β-unsaturated/α-hetero) is 1. The summed E-state index contributed by atoms with van der Waals surface area (Å²) in [4.78, 5) is 22.6. The van der Waals surface area contributed by atoms with Gasteiger partial charge in [0.1, 0.15) is 5.78 Å². The number of ketones is 1. The Morgan fingerprint density at radius 1 is 1.21 bits per heavy atom. The van der Waals surface area contributed by atoms with Gasteiger partial charge in [0.05, 0.1) is 6.04 Å². The number of carbonyl (C=O) groups is 2. The van der Waals surface area contributed by atoms with Crippen molar-refractivity contribution in [2.75, 3.05) is 6.54 Å². The highest BCUT2D eigenvalue weighted by Gasteiger charge is 2.07. The molecule has 0 aliphatic carbocycles. The van der Waals surface area contributed by atoms with Gasteiger partial charge >= 0.3 is 0 Å². The van der Waals surface area contributed by atoms with Gasteiger partial charge in [0.2, 0.25) is 0 Å². The van der Waals surface area contributed by atoms with Gasteiger partial charge in [-0.1, -0.05) is 18.2 Å². The van der Waals surface area contributed by atoms with Crippen molar-refractivity contribution in [1.29, 1.82) is 0 Å². The van der Waals surface area contributed by atoms with Gasteiger partial charge in [0.15, 0.2) is 0 Å². The predicted octanol–water partition coefficient (Wildman–Crippen LogP) is 1.92. The fourth-order valence-electron chi connectivity index (χ4n) is 1.59. The lowest BCUT2D eigenvalue weighted by molar-refractivity contribution is -0.118. The average Bonchev–Trinajstić information content (AvgIpc) is 2.38. The number of carbonyl (C=O) groups excluding carboxylic acids is 2. The van der Waals surface area contributed by atoms with Gasteiger partial charge < -0.3 is 11.1 Å². The molecule has 1 aromatic carbocycles. The molecule has 1 amide bonds. The molecule has 0 spiro atoms. The van der Waals surface area contributed by atoms with E-state index in [0.29, 0.717) is 18.5 Å². The summed E-state index contributed by atoms with van der Waals surface area (Å²) >= 11 is 0. The maximum Gasteiger partial charge on any atom is 0.251 e. The zero-order valence-electron chi connectivity index (χ0n) is 11.1. The van der Waals surface area contributed by atoms with Crippen molar-refractivity contribution in [3.05, 3.63) is 35.9 Å². The Bertz CT molecular complexity index is 396. The third-order valence-electron chi connectivity index (χ3n) is 2.79. The van der Waals surface area contributed by atoms with Crippen LogP contribution in [0, 0.1) is 0 Å². The summed E-state index contributed by atoms with van der Waals surface area (Å²) in [6.07, 6.45) is 2.35. The van der Waals surface area contributed by atoms with E-state index in [1.165, 1.54) is 6.92 Å². The van der Waals surface area contributed by atoms with Gasteiger partial charge in [-0.25, -0.2) is 0 Å². The number of nitrogens with two attached hydrogens (primary N) is 1. The summed E-state index contributed by atoms with van der Waals surface area (Å²) in [6.45, 7) is 2.11. The van der Waals surface area contributed by atoms with Crippen LogP contribution in [-0.4, -0.2) is 24.3 Å². The summed E-state index contributed by atoms with van der Waals surface area (Å²) in [5, 5.41) is 2.84. The minimum atomic E-state index is -0.366. The quantitative estimate of drug-likeness (QED) is 0.752. The Morgan fingerprint density at radius 2 is 1.84 bits per heavy atom. The van der Waals surface area contributed by atoms with Gasteiger partial charge in [-0.15, -0.1) is 12.4 Å². The predicted molar refractivity (Wildman–Crippen MR) is 78.5 cm³/mol. The van der Waals surface area contributed by atoms with Gasteiger partial charge in [-0.3, -0.25) is 9.59 Å². The first-order chi connectivity index (χ1) is 8.61. The lowest BCUT2D eigenvalue weighted by Crippen LogP contribution is -2.29. The van der Waals surface area contributed by atoms with Crippen LogP contribution >= 0.6 is 12.4 Å². The number of unbranched alkanes of at least 4 members (excludes halogenated alkanes) is 1. The number of hydrogen-bond donors (Lipinski definition) is 2. The lowest BCUT2D eigenvalue weighted by Gasteiger charge is -2.08. The monoisotopic (exact) mass is 284 g/mol. The van der Waals surface area contributed by atoms with Crippen molar-refractivity contribution in [3.8, 4) is 0 Å². The molecule has 4 nitrogen and oxygen atoms in total. The summed E-state index contributed by atoms with van der Waals surface area (Å²) in [6, 6.07) is 8.73. The Morgan fingerprint density at radius 3 is 2.42 bits per heavy atom. The van der Waals surface area contributed by atoms with Gasteiger partial charge in [-0.05, 0) is 38.3 Å². The molecule has 19 heavy (non-hydrogen) atoms. The highest BCUT2D eigenvalue weighted by Crippen LogP contribution is 2.01. The molecule has 5 heteroatoms. The van der Waals surface area contributed by atoms with Crippen LogP contribution < -0.4 is 11.1 Å². The van der Waals surface area contributed by atoms with Crippen molar-refractivity contribution < 1.29 is 9.59 Å². The number of halogens is 1. The first-order valence-electron chi connectivity index (χ1n) is 6.20. The molecule has 3 N–H and O–H groups in total. The maximum atomic E-state index is 11.7. The minimum absolute atomic E-state index is 0. The molecule has 0 saturated carbocycles. The van der Waals surface area contributed by atoms with E-state index in [4.69, 9.17) is 5.73 Å². The van der Waals surface area contributed by atoms with Crippen LogP contribution in [0.25, 0.3) is 0 Å². The second-order valence-corrected chi connectivity index (χ2v) is 4.33. The fourth-order valence-corrected chi connectivity index (χ4v) is 1.59. The summed E-state index contributed by atoms with van der Waals surface area (Å²) in [5.41, 5.74) is 6.28. The first kappa shape index (κ1) is 17.6. The van der Waals surface area contributed by atoms with Crippen LogP contribution in [0.4, 0.5) is 0 Å². The molecule has 1 aromatic rings. The number of amides is 1. The third kappa shape index (κ3) is 6.94. The van der Waals surface area contributed by atoms with Crippen LogP contribution in [0.15, 0.2) is 30.3 Å². The normalized spacial score (nSPS) is 11.3. The van der Waals surface area contributed by atoms with Gasteiger partial charge in [-0.2, -0.15) is 0 Å². The molecular weight excluding hydrogens is 264 g/mol. The Balaban J connectivity index is 0.00000324. The number of benzene rings is 1. The molecule has 0 radical (unpaired) electrons. The van der Waals surface area contributed by atoms with Crippen LogP contribution in [0.5, 0.6) is 0 Å². The van der Waals surface area contributed by atoms with Crippen molar-refractivity contribution in [2.45, 2.75) is 32.2 Å². The molecule has 0 aliphatic rings. The van der Waals surface area contributed by atoms with Crippen molar-refractivity contribution in [2.24, 2.45) is 5.73 Å². The molecule has 1 atom stereocenters. The summed E-state index contributed by atoms with van der Waals surface area (Å²) in [7, 11) is 0. The minimum Gasteiger partial charge on any atom is -0.352 e. The van der Waals surface area contributed by atoms with Crippen molar-refractivity contribution >= 4 is 24.1 Å². The largest absolute Gasteiger partial charge is 0.352 e. The van der Waals surface area contributed by atoms with E-state index in [1.54, 1.807) is 12.1 Å². The van der Waals surface area contributed by atoms with Gasteiger partial charge in [0.25, 0.3) is 5.91 Å². The molecule has 1 unspecified atom stereocenters. The molecule has 0 bridgehead atoms. The van der Waals surface area contributed by atoms with E-state index in [2.05, 4.69) is 5.32 Å². The lowest BCUT2D eigenvalue weighted by atomic mass is 10.1. The SMILES string of the molecule is CC(=O)C(N)CCCCNC(=O)c1ccccc1.Cl. The first-order valence-corrected chi connectivity index (χ1v) is 6.20. The van der Waals surface area contributed by atoms with E-state index in [-0.39, 0.29) is 30.1 Å². The van der Waals surface area contributed by atoms with E-state index in [9.17, 15) is 9.59 Å². The molecule has 0 aromatic heterocycles. The molecule has 0 fully saturated rings. The highest BCUT2D eigenvalue weighted by atomic mass is 35.5. The van der Waals surface area contributed by atoms with Crippen LogP contribution in [0.2, 0.25) is 0 Å². The molecule has 0 aliphatic heterocycles. The Labute approximate surface area is 120 Å². The van der Waals surface area contributed by atoms with Gasteiger partial charge in [0, 0.05) is 12.1 Å². The van der Waals surface area contributed by atoms with E-state index < -0.39 is 0 Å². The fraction of sp³-hybridized carbons (Fsp3) is 0.429. The second kappa shape index (κ2) is 9.53. The van der Waals surface area contributed by atoms with E-state index >= 15 is 0 Å². The molecule has 106 valence electrons. The smallest absolute Gasteiger partial charge is 0.251 e. The highest BCUT2D eigenvalue weighted by molar-refractivity contribution is 5.94. The topological polar surface area (TPSA) is 72.2 Å². The van der Waals surface area contributed by atoms with E-state index in [1.807, 2.05) is 18.2 Å². The van der Waals surface area contributed by atoms with Crippen LogP contribution in [-0.2, 0) is 4.79 Å². The maximum absolute atomic E-state index is 11.7. The van der Waals surface area contributed by atoms with E-state index in [0.717, 1.165) is 12.8 Å². The average molecular weight is 285 g/mol.